The first-order chi connectivity index (χ1) is 8.49. The Morgan fingerprint density at radius 1 is 1.17 bits per heavy atom. The molecule has 1 rings (SSSR count). The fourth-order valence-corrected chi connectivity index (χ4v) is 2.73. The van der Waals surface area contributed by atoms with Gasteiger partial charge < -0.3 is 15.4 Å². The summed E-state index contributed by atoms with van der Waals surface area (Å²) in [6.45, 7) is 7.72. The number of ether oxygens (including phenoxy) is 1. The highest BCUT2D eigenvalue weighted by atomic mass is 16.5. The van der Waals surface area contributed by atoms with Crippen molar-refractivity contribution in [1.29, 1.82) is 0 Å². The maximum atomic E-state index is 12.4. The fraction of sp³-hybridized carbons (Fsp3) is 0.929. The molecule has 0 aromatic rings. The second-order valence-electron chi connectivity index (χ2n) is 5.54. The summed E-state index contributed by atoms with van der Waals surface area (Å²) in [5.74, 6) is 0.547. The van der Waals surface area contributed by atoms with Crippen molar-refractivity contribution in [2.75, 3.05) is 20.1 Å². The molecule has 0 aromatic carbocycles. The topological polar surface area (TPSA) is 55.6 Å². The molecule has 0 aromatic heterocycles. The minimum atomic E-state index is 0.0134. The Bertz CT molecular complexity index is 271. The van der Waals surface area contributed by atoms with Crippen molar-refractivity contribution < 1.29 is 9.53 Å². The molecule has 4 heteroatoms. The molecule has 0 aliphatic carbocycles. The molecule has 1 aliphatic heterocycles. The summed E-state index contributed by atoms with van der Waals surface area (Å²) in [6, 6.07) is 0. The van der Waals surface area contributed by atoms with E-state index in [1.54, 1.807) is 0 Å². The van der Waals surface area contributed by atoms with Crippen molar-refractivity contribution in [2.45, 2.75) is 52.2 Å². The Kier molecular flexibility index (Phi) is 6.09. The van der Waals surface area contributed by atoms with Crippen LogP contribution in [-0.4, -0.2) is 43.2 Å². The van der Waals surface area contributed by atoms with E-state index in [0.717, 1.165) is 32.4 Å². The zero-order valence-corrected chi connectivity index (χ0v) is 12.2. The predicted octanol–water partition coefficient (Wildman–Crippen LogP) is 1.63. The van der Waals surface area contributed by atoms with Gasteiger partial charge in [-0.2, -0.15) is 0 Å². The van der Waals surface area contributed by atoms with Crippen molar-refractivity contribution in [1.82, 2.24) is 4.90 Å². The number of nitrogens with zero attached hydrogens (tertiary/aromatic N) is 1. The largest absolute Gasteiger partial charge is 0.374 e. The molecule has 106 valence electrons. The molecule has 1 amide bonds. The maximum Gasteiger partial charge on any atom is 0.228 e. The standard InChI is InChI=1S/C14H28N2O2/c1-10-11(2)18-12(3)13(10)14(17)16(4)9-7-5-6-8-15/h10-13H,5-9,15H2,1-4H3. The summed E-state index contributed by atoms with van der Waals surface area (Å²) >= 11 is 0. The van der Waals surface area contributed by atoms with Crippen LogP contribution >= 0.6 is 0 Å². The SMILES string of the molecule is CC1OC(C)C(C(=O)N(C)CCCCCN)C1C. The molecule has 1 aliphatic rings. The van der Waals surface area contributed by atoms with Crippen LogP contribution in [-0.2, 0) is 9.53 Å². The van der Waals surface area contributed by atoms with Crippen LogP contribution in [0.5, 0.6) is 0 Å². The molecular weight excluding hydrogens is 228 g/mol. The Morgan fingerprint density at radius 3 is 2.33 bits per heavy atom. The van der Waals surface area contributed by atoms with Gasteiger partial charge in [0.1, 0.15) is 0 Å². The van der Waals surface area contributed by atoms with E-state index in [9.17, 15) is 4.79 Å². The van der Waals surface area contributed by atoms with E-state index in [4.69, 9.17) is 10.5 Å². The third kappa shape index (κ3) is 3.69. The van der Waals surface area contributed by atoms with E-state index in [2.05, 4.69) is 13.8 Å². The fourth-order valence-electron chi connectivity index (χ4n) is 2.73. The van der Waals surface area contributed by atoms with Gasteiger partial charge in [0.25, 0.3) is 0 Å². The van der Waals surface area contributed by atoms with Gasteiger partial charge in [-0.1, -0.05) is 13.3 Å². The van der Waals surface area contributed by atoms with Gasteiger partial charge >= 0.3 is 0 Å². The molecule has 0 radical (unpaired) electrons. The van der Waals surface area contributed by atoms with Crippen LogP contribution < -0.4 is 5.73 Å². The van der Waals surface area contributed by atoms with Crippen LogP contribution in [0.25, 0.3) is 0 Å². The summed E-state index contributed by atoms with van der Waals surface area (Å²) in [6.07, 6.45) is 3.38. The zero-order valence-electron chi connectivity index (χ0n) is 12.2. The summed E-state index contributed by atoms with van der Waals surface area (Å²) in [5.41, 5.74) is 5.46. The first-order valence-electron chi connectivity index (χ1n) is 7.09. The number of rotatable bonds is 6. The van der Waals surface area contributed by atoms with Gasteiger partial charge in [-0.15, -0.1) is 0 Å². The third-order valence-corrected chi connectivity index (χ3v) is 4.10. The predicted molar refractivity (Wildman–Crippen MR) is 73.2 cm³/mol. The van der Waals surface area contributed by atoms with E-state index in [0.29, 0.717) is 5.92 Å². The lowest BCUT2D eigenvalue weighted by Gasteiger charge is -2.25. The van der Waals surface area contributed by atoms with Crippen LogP contribution in [0.15, 0.2) is 0 Å². The Balaban J connectivity index is 2.43. The average molecular weight is 256 g/mol. The number of unbranched alkanes of at least 4 members (excludes halogenated alkanes) is 2. The number of carbonyl (C=O) groups excluding carboxylic acids is 1. The molecule has 1 saturated heterocycles. The van der Waals surface area contributed by atoms with E-state index < -0.39 is 0 Å². The molecule has 1 heterocycles. The Labute approximate surface area is 111 Å². The third-order valence-electron chi connectivity index (χ3n) is 4.10. The molecular formula is C14H28N2O2. The molecule has 0 spiro atoms. The van der Waals surface area contributed by atoms with Crippen LogP contribution in [0.1, 0.15) is 40.0 Å². The summed E-state index contributed by atoms with van der Waals surface area (Å²) in [7, 11) is 1.90. The number of hydrogen-bond donors (Lipinski definition) is 1. The molecule has 2 N–H and O–H groups in total. The van der Waals surface area contributed by atoms with E-state index >= 15 is 0 Å². The lowest BCUT2D eigenvalue weighted by molar-refractivity contribution is -0.136. The molecule has 1 fully saturated rings. The van der Waals surface area contributed by atoms with Gasteiger partial charge in [-0.05, 0) is 39.2 Å². The van der Waals surface area contributed by atoms with Gasteiger partial charge in [-0.25, -0.2) is 0 Å². The summed E-state index contributed by atoms with van der Waals surface area (Å²) in [4.78, 5) is 14.3. The van der Waals surface area contributed by atoms with E-state index in [1.165, 1.54) is 0 Å². The van der Waals surface area contributed by atoms with Crippen LogP contribution in [0.2, 0.25) is 0 Å². The Hall–Kier alpha value is -0.610. The molecule has 0 saturated carbocycles. The minimum absolute atomic E-state index is 0.0134. The van der Waals surface area contributed by atoms with E-state index in [1.807, 2.05) is 18.9 Å². The first-order valence-corrected chi connectivity index (χ1v) is 7.09. The summed E-state index contributed by atoms with van der Waals surface area (Å²) in [5, 5.41) is 0. The van der Waals surface area contributed by atoms with Gasteiger partial charge in [-0.3, -0.25) is 4.79 Å². The van der Waals surface area contributed by atoms with Crippen molar-refractivity contribution in [3.8, 4) is 0 Å². The zero-order chi connectivity index (χ0) is 13.7. The monoisotopic (exact) mass is 256 g/mol. The second-order valence-corrected chi connectivity index (χ2v) is 5.54. The quantitative estimate of drug-likeness (QED) is 0.735. The normalized spacial score (nSPS) is 31.6. The van der Waals surface area contributed by atoms with Gasteiger partial charge in [0, 0.05) is 13.6 Å². The number of amides is 1. The van der Waals surface area contributed by atoms with E-state index in [-0.39, 0.29) is 24.0 Å². The minimum Gasteiger partial charge on any atom is -0.374 e. The highest BCUT2D eigenvalue weighted by Crippen LogP contribution is 2.33. The molecule has 4 unspecified atom stereocenters. The lowest BCUT2D eigenvalue weighted by Crippen LogP contribution is -2.39. The van der Waals surface area contributed by atoms with Crippen molar-refractivity contribution in [2.24, 2.45) is 17.6 Å². The first kappa shape index (κ1) is 15.4. The number of hydrogen-bond acceptors (Lipinski definition) is 3. The van der Waals surface area contributed by atoms with Gasteiger partial charge in [0.15, 0.2) is 0 Å². The second kappa shape index (κ2) is 7.10. The van der Waals surface area contributed by atoms with Gasteiger partial charge in [0.05, 0.1) is 18.1 Å². The Morgan fingerprint density at radius 2 is 1.83 bits per heavy atom. The maximum absolute atomic E-state index is 12.4. The van der Waals surface area contributed by atoms with Crippen molar-refractivity contribution in [3.63, 3.8) is 0 Å². The smallest absolute Gasteiger partial charge is 0.228 e. The molecule has 4 nitrogen and oxygen atoms in total. The van der Waals surface area contributed by atoms with Crippen LogP contribution in [0, 0.1) is 11.8 Å². The van der Waals surface area contributed by atoms with Crippen molar-refractivity contribution >= 4 is 5.91 Å². The lowest BCUT2D eigenvalue weighted by atomic mass is 9.88. The summed E-state index contributed by atoms with van der Waals surface area (Å²) < 4.78 is 5.74. The van der Waals surface area contributed by atoms with Crippen LogP contribution in [0.4, 0.5) is 0 Å². The average Bonchev–Trinajstić information content (AvgIpc) is 2.58. The van der Waals surface area contributed by atoms with Crippen molar-refractivity contribution in [3.05, 3.63) is 0 Å². The highest BCUT2D eigenvalue weighted by molar-refractivity contribution is 5.79. The molecule has 0 bridgehead atoms. The molecule has 4 atom stereocenters. The van der Waals surface area contributed by atoms with Crippen LogP contribution in [0.3, 0.4) is 0 Å². The molecule has 18 heavy (non-hydrogen) atoms. The van der Waals surface area contributed by atoms with Gasteiger partial charge in [0.2, 0.25) is 5.91 Å². The number of carbonyl (C=O) groups is 1. The highest BCUT2D eigenvalue weighted by Gasteiger charge is 2.42. The number of nitrogens with two attached hydrogens (primary N) is 1.